The average Bonchev–Trinajstić information content (AvgIpc) is 2.74. The molecular formula is C24H36N4O3. The summed E-state index contributed by atoms with van der Waals surface area (Å²) in [5.41, 5.74) is 7.02. The highest BCUT2D eigenvalue weighted by atomic mass is 16.2. The zero-order valence-corrected chi connectivity index (χ0v) is 19.0. The van der Waals surface area contributed by atoms with Crippen LogP contribution in [-0.4, -0.2) is 53.7 Å². The number of hydrogen-bond acceptors (Lipinski definition) is 4. The van der Waals surface area contributed by atoms with E-state index in [-0.39, 0.29) is 35.0 Å². The van der Waals surface area contributed by atoms with Gasteiger partial charge in [-0.2, -0.15) is 0 Å². The maximum absolute atomic E-state index is 12.7. The molecule has 2 fully saturated rings. The largest absolute Gasteiger partial charge is 0.369 e. The molecule has 0 aromatic heterocycles. The number of carbonyl (C=O) groups is 3. The molecule has 3 N–H and O–H groups in total. The Morgan fingerprint density at radius 1 is 1.00 bits per heavy atom. The summed E-state index contributed by atoms with van der Waals surface area (Å²) in [6, 6.07) is 7.91. The molecule has 2 saturated heterocycles. The molecule has 170 valence electrons. The monoisotopic (exact) mass is 428 g/mol. The van der Waals surface area contributed by atoms with Crippen molar-refractivity contribution < 1.29 is 14.4 Å². The Morgan fingerprint density at radius 3 is 2.23 bits per heavy atom. The summed E-state index contributed by atoms with van der Waals surface area (Å²) in [7, 11) is 0. The number of nitrogens with one attached hydrogen (secondary N) is 1. The van der Waals surface area contributed by atoms with Crippen molar-refractivity contribution in [2.45, 2.75) is 53.0 Å². The summed E-state index contributed by atoms with van der Waals surface area (Å²) in [4.78, 5) is 40.7. The molecule has 1 aromatic rings. The van der Waals surface area contributed by atoms with E-state index in [2.05, 4.69) is 10.2 Å². The maximum Gasteiger partial charge on any atom is 0.227 e. The van der Waals surface area contributed by atoms with Crippen LogP contribution in [0.15, 0.2) is 24.3 Å². The van der Waals surface area contributed by atoms with Gasteiger partial charge < -0.3 is 16.0 Å². The molecule has 1 unspecified atom stereocenters. The molecule has 3 rings (SSSR count). The molecule has 0 spiro atoms. The van der Waals surface area contributed by atoms with Crippen molar-refractivity contribution in [3.63, 3.8) is 0 Å². The van der Waals surface area contributed by atoms with E-state index in [1.54, 1.807) is 0 Å². The van der Waals surface area contributed by atoms with E-state index in [0.717, 1.165) is 37.2 Å². The lowest BCUT2D eigenvalue weighted by Crippen LogP contribution is -2.45. The number of nitrogens with zero attached hydrogens (tertiary/aromatic N) is 2. The van der Waals surface area contributed by atoms with Crippen molar-refractivity contribution >= 4 is 23.4 Å². The smallest absolute Gasteiger partial charge is 0.227 e. The lowest BCUT2D eigenvalue weighted by atomic mass is 9.90. The third-order valence-corrected chi connectivity index (χ3v) is 6.33. The van der Waals surface area contributed by atoms with E-state index in [0.29, 0.717) is 32.5 Å². The fraction of sp³-hybridized carbons (Fsp3) is 0.625. The second kappa shape index (κ2) is 9.81. The highest BCUT2D eigenvalue weighted by Gasteiger charge is 2.32. The maximum atomic E-state index is 12.7. The normalized spacial score (nSPS) is 21.0. The van der Waals surface area contributed by atoms with E-state index in [1.807, 2.05) is 49.9 Å². The summed E-state index contributed by atoms with van der Waals surface area (Å²) < 4.78 is 0. The van der Waals surface area contributed by atoms with Gasteiger partial charge in [-0.3, -0.25) is 19.3 Å². The van der Waals surface area contributed by atoms with Crippen molar-refractivity contribution in [2.24, 2.45) is 23.0 Å². The summed E-state index contributed by atoms with van der Waals surface area (Å²) >= 11 is 0. The van der Waals surface area contributed by atoms with Crippen LogP contribution in [0.5, 0.6) is 0 Å². The van der Waals surface area contributed by atoms with Gasteiger partial charge >= 0.3 is 0 Å². The molecule has 2 aliphatic rings. The number of likely N-dealkylation sites (tertiary alicyclic amines) is 2. The zero-order valence-electron chi connectivity index (χ0n) is 19.0. The zero-order chi connectivity index (χ0) is 22.6. The Morgan fingerprint density at radius 2 is 1.65 bits per heavy atom. The molecule has 1 atom stereocenters. The van der Waals surface area contributed by atoms with Crippen LogP contribution in [0.3, 0.4) is 0 Å². The summed E-state index contributed by atoms with van der Waals surface area (Å²) in [5, 5.41) is 3.02. The summed E-state index contributed by atoms with van der Waals surface area (Å²) in [6.45, 7) is 9.52. The van der Waals surface area contributed by atoms with Crippen LogP contribution in [0.1, 0.15) is 52.0 Å². The molecule has 2 heterocycles. The van der Waals surface area contributed by atoms with Gasteiger partial charge in [0.15, 0.2) is 0 Å². The third-order valence-electron chi connectivity index (χ3n) is 6.33. The molecule has 0 saturated carbocycles. The van der Waals surface area contributed by atoms with Crippen molar-refractivity contribution in [1.29, 1.82) is 0 Å². The fourth-order valence-corrected chi connectivity index (χ4v) is 4.45. The first-order chi connectivity index (χ1) is 14.6. The van der Waals surface area contributed by atoms with Gasteiger partial charge in [0.1, 0.15) is 0 Å². The van der Waals surface area contributed by atoms with Gasteiger partial charge in [0.05, 0.1) is 5.92 Å². The van der Waals surface area contributed by atoms with E-state index in [9.17, 15) is 14.4 Å². The van der Waals surface area contributed by atoms with E-state index >= 15 is 0 Å². The molecule has 0 aliphatic carbocycles. The lowest BCUT2D eigenvalue weighted by Gasteiger charge is -2.35. The van der Waals surface area contributed by atoms with Crippen LogP contribution >= 0.6 is 0 Å². The van der Waals surface area contributed by atoms with Crippen LogP contribution in [0, 0.1) is 17.3 Å². The van der Waals surface area contributed by atoms with Crippen molar-refractivity contribution in [3.8, 4) is 0 Å². The quantitative estimate of drug-likeness (QED) is 0.754. The van der Waals surface area contributed by atoms with Gasteiger partial charge in [0.2, 0.25) is 17.7 Å². The van der Waals surface area contributed by atoms with Crippen molar-refractivity contribution in [1.82, 2.24) is 9.80 Å². The first-order valence-electron chi connectivity index (χ1n) is 11.3. The van der Waals surface area contributed by atoms with Crippen LogP contribution in [0.4, 0.5) is 5.69 Å². The number of benzene rings is 1. The number of anilines is 1. The number of rotatable bonds is 5. The highest BCUT2D eigenvalue weighted by molar-refractivity contribution is 5.92. The van der Waals surface area contributed by atoms with Crippen molar-refractivity contribution in [2.75, 3.05) is 31.5 Å². The molecule has 1 aromatic carbocycles. The van der Waals surface area contributed by atoms with Crippen molar-refractivity contribution in [3.05, 3.63) is 29.8 Å². The minimum atomic E-state index is -0.383. The first-order valence-corrected chi connectivity index (χ1v) is 11.3. The lowest BCUT2D eigenvalue weighted by molar-refractivity contribution is -0.142. The predicted molar refractivity (Wildman–Crippen MR) is 121 cm³/mol. The van der Waals surface area contributed by atoms with Crippen LogP contribution in [0.25, 0.3) is 0 Å². The minimum Gasteiger partial charge on any atom is -0.369 e. The number of piperidine rings is 2. The summed E-state index contributed by atoms with van der Waals surface area (Å²) in [5.74, 6) is -0.162. The SMILES string of the molecule is CC(C)(C)C(=O)N1CCC(C(=O)Nc2ccc(CN3CCCC(C(N)=O)C3)cc2)CC1. The number of amides is 3. The number of nitrogens with two attached hydrogens (primary N) is 1. The van der Waals surface area contributed by atoms with Crippen LogP contribution in [-0.2, 0) is 20.9 Å². The summed E-state index contributed by atoms with van der Waals surface area (Å²) in [6.07, 6.45) is 3.26. The van der Waals surface area contributed by atoms with E-state index < -0.39 is 0 Å². The molecule has 31 heavy (non-hydrogen) atoms. The Bertz CT molecular complexity index is 792. The molecule has 2 aliphatic heterocycles. The highest BCUT2D eigenvalue weighted by Crippen LogP contribution is 2.25. The standard InChI is InChI=1S/C24H36N4O3/c1-24(2,3)23(31)28-13-10-18(11-14-28)22(30)26-20-8-6-17(7-9-20)15-27-12-4-5-19(16-27)21(25)29/h6-9,18-19H,4-5,10-16H2,1-3H3,(H2,25,29)(H,26,30). The topological polar surface area (TPSA) is 95.7 Å². The van der Waals surface area contributed by atoms with Gasteiger partial charge in [-0.15, -0.1) is 0 Å². The molecular weight excluding hydrogens is 392 g/mol. The Kier molecular flexibility index (Phi) is 7.36. The second-order valence-electron chi connectivity index (χ2n) is 9.98. The van der Waals surface area contributed by atoms with Gasteiger partial charge in [0.25, 0.3) is 0 Å². The Labute approximate surface area is 185 Å². The van der Waals surface area contributed by atoms with E-state index in [1.165, 1.54) is 0 Å². The predicted octanol–water partition coefficient (Wildman–Crippen LogP) is 2.61. The molecule has 7 heteroatoms. The van der Waals surface area contributed by atoms with Gasteiger partial charge in [-0.05, 0) is 49.9 Å². The molecule has 3 amide bonds. The first kappa shape index (κ1) is 23.3. The minimum absolute atomic E-state index is 0.0240. The van der Waals surface area contributed by atoms with E-state index in [4.69, 9.17) is 5.73 Å². The number of primary amides is 1. The number of carbonyl (C=O) groups excluding carboxylic acids is 3. The van der Waals surface area contributed by atoms with Gasteiger partial charge in [-0.25, -0.2) is 0 Å². The van der Waals surface area contributed by atoms with Gasteiger partial charge in [-0.1, -0.05) is 32.9 Å². The molecule has 7 nitrogen and oxygen atoms in total. The molecule has 0 radical (unpaired) electrons. The van der Waals surface area contributed by atoms with Crippen LogP contribution < -0.4 is 11.1 Å². The van der Waals surface area contributed by atoms with Crippen LogP contribution in [0.2, 0.25) is 0 Å². The average molecular weight is 429 g/mol. The molecule has 0 bridgehead atoms. The second-order valence-corrected chi connectivity index (χ2v) is 9.98. The fourth-order valence-electron chi connectivity index (χ4n) is 4.45. The Balaban J connectivity index is 1.47. The number of hydrogen-bond donors (Lipinski definition) is 2. The van der Waals surface area contributed by atoms with Gasteiger partial charge in [0, 0.05) is 43.2 Å². The third kappa shape index (κ3) is 6.29. The Hall–Kier alpha value is -2.41.